The fourth-order valence-corrected chi connectivity index (χ4v) is 2.32. The highest BCUT2D eigenvalue weighted by atomic mass is 16.5. The summed E-state index contributed by atoms with van der Waals surface area (Å²) in [6.45, 7) is 6.49. The van der Waals surface area contributed by atoms with Crippen LogP contribution in [0.4, 0.5) is 0 Å². The van der Waals surface area contributed by atoms with E-state index >= 15 is 0 Å². The van der Waals surface area contributed by atoms with Crippen LogP contribution in [-0.4, -0.2) is 17.3 Å². The maximum absolute atomic E-state index is 9.28. The third-order valence-corrected chi connectivity index (χ3v) is 3.68. The van der Waals surface area contributed by atoms with Gasteiger partial charge in [-0.1, -0.05) is 20.8 Å². The fourth-order valence-electron chi connectivity index (χ4n) is 2.32. The van der Waals surface area contributed by atoms with Gasteiger partial charge in [0.05, 0.1) is 7.11 Å². The SMILES string of the molecule is COc1cc(C(C)C)cc(CC(C)c2cc[n+](O)cc2)n1. The summed E-state index contributed by atoms with van der Waals surface area (Å²) in [4.78, 5) is 4.54. The Bertz CT molecular complexity index is 594. The molecule has 0 radical (unpaired) electrons. The second kappa shape index (κ2) is 6.57. The van der Waals surface area contributed by atoms with E-state index in [0.717, 1.165) is 16.8 Å². The van der Waals surface area contributed by atoms with Crippen molar-refractivity contribution in [3.05, 3.63) is 53.5 Å². The lowest BCUT2D eigenvalue weighted by Crippen LogP contribution is -2.28. The van der Waals surface area contributed by atoms with Gasteiger partial charge in [0, 0.05) is 28.6 Å². The zero-order chi connectivity index (χ0) is 15.4. The van der Waals surface area contributed by atoms with Crippen LogP contribution in [0.25, 0.3) is 0 Å². The van der Waals surface area contributed by atoms with Crippen molar-refractivity contribution in [3.63, 3.8) is 0 Å². The number of methoxy groups -OCH3 is 1. The lowest BCUT2D eigenvalue weighted by Gasteiger charge is -2.14. The van der Waals surface area contributed by atoms with E-state index in [0.29, 0.717) is 17.7 Å². The maximum Gasteiger partial charge on any atom is 0.222 e. The van der Waals surface area contributed by atoms with Crippen LogP contribution in [-0.2, 0) is 6.42 Å². The van der Waals surface area contributed by atoms with Crippen molar-refractivity contribution in [2.45, 2.75) is 39.0 Å². The molecule has 1 atom stereocenters. The van der Waals surface area contributed by atoms with E-state index < -0.39 is 0 Å². The Morgan fingerprint density at radius 2 is 1.81 bits per heavy atom. The van der Waals surface area contributed by atoms with Gasteiger partial charge in [-0.2, -0.15) is 0 Å². The Morgan fingerprint density at radius 3 is 2.38 bits per heavy atom. The van der Waals surface area contributed by atoms with E-state index in [4.69, 9.17) is 4.74 Å². The molecule has 2 aromatic heterocycles. The third kappa shape index (κ3) is 3.94. The summed E-state index contributed by atoms with van der Waals surface area (Å²) in [6, 6.07) is 8.00. The molecule has 1 unspecified atom stereocenters. The minimum Gasteiger partial charge on any atom is -0.481 e. The first-order valence-electron chi connectivity index (χ1n) is 7.25. The Hall–Kier alpha value is -2.10. The third-order valence-electron chi connectivity index (χ3n) is 3.68. The van der Waals surface area contributed by atoms with E-state index in [9.17, 15) is 5.21 Å². The molecule has 4 nitrogen and oxygen atoms in total. The molecule has 2 aromatic rings. The predicted octanol–water partition coefficient (Wildman–Crippen LogP) is 3.08. The predicted molar refractivity (Wildman–Crippen MR) is 80.8 cm³/mol. The summed E-state index contributed by atoms with van der Waals surface area (Å²) < 4.78 is 6.35. The highest BCUT2D eigenvalue weighted by molar-refractivity contribution is 5.29. The van der Waals surface area contributed by atoms with Gasteiger partial charge in [-0.15, -0.1) is 0 Å². The van der Waals surface area contributed by atoms with Crippen molar-refractivity contribution in [1.82, 2.24) is 4.98 Å². The summed E-state index contributed by atoms with van der Waals surface area (Å²) in [7, 11) is 1.65. The van der Waals surface area contributed by atoms with Gasteiger partial charge in [0.15, 0.2) is 0 Å². The van der Waals surface area contributed by atoms with E-state index in [1.165, 1.54) is 11.1 Å². The van der Waals surface area contributed by atoms with Crippen molar-refractivity contribution in [2.24, 2.45) is 0 Å². The summed E-state index contributed by atoms with van der Waals surface area (Å²) in [6.07, 6.45) is 4.13. The van der Waals surface area contributed by atoms with Crippen LogP contribution in [0.5, 0.6) is 5.88 Å². The number of hydrogen-bond donors (Lipinski definition) is 1. The van der Waals surface area contributed by atoms with Crippen LogP contribution in [0.2, 0.25) is 0 Å². The van der Waals surface area contributed by atoms with Crippen LogP contribution < -0.4 is 9.47 Å². The molecule has 0 aromatic carbocycles. The molecule has 0 saturated heterocycles. The Balaban J connectivity index is 2.21. The molecular formula is C17H23N2O2+. The number of ether oxygens (including phenoxy) is 1. The number of rotatable bonds is 5. The summed E-state index contributed by atoms with van der Waals surface area (Å²) in [5.74, 6) is 1.44. The molecule has 1 N–H and O–H groups in total. The van der Waals surface area contributed by atoms with Crippen LogP contribution in [0.1, 0.15) is 49.4 Å². The molecule has 112 valence electrons. The maximum atomic E-state index is 9.28. The van der Waals surface area contributed by atoms with Gasteiger partial charge in [-0.3, -0.25) is 5.21 Å². The van der Waals surface area contributed by atoms with Crippen LogP contribution >= 0.6 is 0 Å². The van der Waals surface area contributed by atoms with Crippen molar-refractivity contribution in [3.8, 4) is 5.88 Å². The van der Waals surface area contributed by atoms with Gasteiger partial charge in [-0.25, -0.2) is 4.98 Å². The Labute approximate surface area is 126 Å². The standard InChI is InChI=1S/C17H23N2O2/c1-12(2)15-10-16(18-17(11-15)21-4)9-13(3)14-5-7-19(20)8-6-14/h5-8,10-13,20H,9H2,1-4H3/q+1. The zero-order valence-electron chi connectivity index (χ0n) is 13.1. The van der Waals surface area contributed by atoms with E-state index in [1.54, 1.807) is 19.5 Å². The molecule has 0 aliphatic heterocycles. The first-order valence-corrected chi connectivity index (χ1v) is 7.25. The highest BCUT2D eigenvalue weighted by Gasteiger charge is 2.12. The molecule has 4 heteroatoms. The number of pyridine rings is 2. The molecule has 2 rings (SSSR count). The van der Waals surface area contributed by atoms with Crippen LogP contribution in [0.15, 0.2) is 36.7 Å². The molecule has 0 fully saturated rings. The zero-order valence-corrected chi connectivity index (χ0v) is 13.1. The van der Waals surface area contributed by atoms with Crippen molar-refractivity contribution >= 4 is 0 Å². The molecule has 0 aliphatic carbocycles. The van der Waals surface area contributed by atoms with Crippen LogP contribution in [0.3, 0.4) is 0 Å². The number of aromatic nitrogens is 2. The molecule has 2 heterocycles. The lowest BCUT2D eigenvalue weighted by molar-refractivity contribution is -0.904. The highest BCUT2D eigenvalue weighted by Crippen LogP contribution is 2.24. The first-order chi connectivity index (χ1) is 9.99. The van der Waals surface area contributed by atoms with E-state index in [2.05, 4.69) is 31.8 Å². The molecule has 0 amide bonds. The van der Waals surface area contributed by atoms with Crippen molar-refractivity contribution in [2.75, 3.05) is 7.11 Å². The monoisotopic (exact) mass is 287 g/mol. The molecule has 0 saturated carbocycles. The summed E-state index contributed by atoms with van der Waals surface area (Å²) in [5.41, 5.74) is 3.45. The Kier molecular flexibility index (Phi) is 4.78. The average molecular weight is 287 g/mol. The van der Waals surface area contributed by atoms with Gasteiger partial charge in [0.1, 0.15) is 0 Å². The van der Waals surface area contributed by atoms with E-state index in [-0.39, 0.29) is 0 Å². The summed E-state index contributed by atoms with van der Waals surface area (Å²) >= 11 is 0. The van der Waals surface area contributed by atoms with Gasteiger partial charge < -0.3 is 4.74 Å². The smallest absolute Gasteiger partial charge is 0.222 e. The van der Waals surface area contributed by atoms with Gasteiger partial charge in [0.25, 0.3) is 0 Å². The topological polar surface area (TPSA) is 46.2 Å². The minimum absolute atomic E-state index is 0.325. The molecule has 21 heavy (non-hydrogen) atoms. The first kappa shape index (κ1) is 15.3. The van der Waals surface area contributed by atoms with Crippen molar-refractivity contribution in [1.29, 1.82) is 0 Å². The second-order valence-corrected chi connectivity index (χ2v) is 5.71. The second-order valence-electron chi connectivity index (χ2n) is 5.71. The fraction of sp³-hybridized carbons (Fsp3) is 0.412. The lowest BCUT2D eigenvalue weighted by atomic mass is 9.95. The van der Waals surface area contributed by atoms with Crippen LogP contribution in [0, 0.1) is 0 Å². The minimum atomic E-state index is 0.325. The van der Waals surface area contributed by atoms with Gasteiger partial charge in [-0.05, 0) is 35.4 Å². The van der Waals surface area contributed by atoms with E-state index in [1.807, 2.05) is 18.2 Å². The quantitative estimate of drug-likeness (QED) is 0.679. The number of nitrogens with zero attached hydrogens (tertiary/aromatic N) is 2. The largest absolute Gasteiger partial charge is 0.481 e. The molecular weight excluding hydrogens is 264 g/mol. The normalized spacial score (nSPS) is 12.4. The molecule has 0 bridgehead atoms. The average Bonchev–Trinajstić information content (AvgIpc) is 2.47. The molecule has 0 aliphatic rings. The Morgan fingerprint density at radius 1 is 1.14 bits per heavy atom. The van der Waals surface area contributed by atoms with Crippen molar-refractivity contribution < 1.29 is 14.7 Å². The number of hydrogen-bond acceptors (Lipinski definition) is 3. The van der Waals surface area contributed by atoms with Gasteiger partial charge in [0.2, 0.25) is 18.3 Å². The summed E-state index contributed by atoms with van der Waals surface area (Å²) in [5, 5.41) is 9.28. The molecule has 0 spiro atoms. The van der Waals surface area contributed by atoms with Gasteiger partial charge >= 0.3 is 0 Å².